The van der Waals surface area contributed by atoms with E-state index in [0.717, 1.165) is 4.90 Å². The number of rotatable bonds is 10. The summed E-state index contributed by atoms with van der Waals surface area (Å²) in [5, 5.41) is 13.2. The number of anilines is 1. The lowest BCUT2D eigenvalue weighted by atomic mass is 10.1. The number of carbonyl (C=O) groups is 3. The monoisotopic (exact) mass is 551 g/mol. The predicted octanol–water partition coefficient (Wildman–Crippen LogP) is 5.39. The number of nitro benzene ring substituents is 1. The van der Waals surface area contributed by atoms with E-state index in [4.69, 9.17) is 9.47 Å². The van der Waals surface area contributed by atoms with Gasteiger partial charge in [-0.25, -0.2) is 4.39 Å². The van der Waals surface area contributed by atoms with Crippen LogP contribution in [0.15, 0.2) is 71.6 Å². The first-order valence-electron chi connectivity index (χ1n) is 11.7. The highest BCUT2D eigenvalue weighted by molar-refractivity contribution is 8.18. The summed E-state index contributed by atoms with van der Waals surface area (Å²) in [5.41, 5.74) is 1.20. The molecule has 39 heavy (non-hydrogen) atoms. The van der Waals surface area contributed by atoms with Crippen molar-refractivity contribution in [3.8, 4) is 11.5 Å². The molecule has 0 spiro atoms. The summed E-state index contributed by atoms with van der Waals surface area (Å²) < 4.78 is 24.5. The highest BCUT2D eigenvalue weighted by Gasteiger charge is 2.36. The number of ether oxygens (including phenoxy) is 2. The van der Waals surface area contributed by atoms with Gasteiger partial charge < -0.3 is 14.8 Å². The van der Waals surface area contributed by atoms with Crippen LogP contribution in [-0.2, 0) is 16.2 Å². The highest BCUT2D eigenvalue weighted by Crippen LogP contribution is 2.35. The molecule has 0 atom stereocenters. The van der Waals surface area contributed by atoms with Crippen molar-refractivity contribution in [1.82, 2.24) is 4.90 Å². The molecular weight excluding hydrogens is 529 g/mol. The molecule has 0 unspecified atom stereocenters. The molecule has 1 fully saturated rings. The predicted molar refractivity (Wildman–Crippen MR) is 143 cm³/mol. The van der Waals surface area contributed by atoms with E-state index in [1.54, 1.807) is 43.3 Å². The van der Waals surface area contributed by atoms with E-state index >= 15 is 0 Å². The van der Waals surface area contributed by atoms with Crippen LogP contribution in [0, 0.1) is 15.9 Å². The molecule has 200 valence electrons. The van der Waals surface area contributed by atoms with Crippen LogP contribution in [0.5, 0.6) is 11.5 Å². The number of nitrogens with zero attached hydrogens (tertiary/aromatic N) is 2. The van der Waals surface area contributed by atoms with Gasteiger partial charge >= 0.3 is 0 Å². The van der Waals surface area contributed by atoms with Crippen molar-refractivity contribution in [2.24, 2.45) is 0 Å². The number of carbonyl (C=O) groups excluding carboxylic acids is 3. The molecule has 0 aromatic heterocycles. The average Bonchev–Trinajstić information content (AvgIpc) is 3.17. The second-order valence-corrected chi connectivity index (χ2v) is 9.13. The summed E-state index contributed by atoms with van der Waals surface area (Å²) in [5.74, 6) is -1.00. The van der Waals surface area contributed by atoms with Crippen LogP contribution in [0.3, 0.4) is 0 Å². The second kappa shape index (κ2) is 12.2. The molecule has 0 bridgehead atoms. The number of para-hydroxylation sites is 1. The molecule has 1 saturated heterocycles. The maximum atomic E-state index is 13.1. The molecule has 3 aromatic carbocycles. The number of halogens is 1. The fourth-order valence-corrected chi connectivity index (χ4v) is 4.47. The van der Waals surface area contributed by atoms with Gasteiger partial charge in [0.1, 0.15) is 19.0 Å². The lowest BCUT2D eigenvalue weighted by Gasteiger charge is -2.13. The number of nitrogens with one attached hydrogen (secondary N) is 1. The lowest BCUT2D eigenvalue weighted by Crippen LogP contribution is -2.36. The zero-order chi connectivity index (χ0) is 27.9. The molecule has 1 heterocycles. The molecule has 3 aromatic rings. The maximum absolute atomic E-state index is 13.1. The first kappa shape index (κ1) is 27.3. The number of hydrogen-bond acceptors (Lipinski definition) is 8. The van der Waals surface area contributed by atoms with E-state index in [9.17, 15) is 28.9 Å². The Bertz CT molecular complexity index is 1460. The first-order chi connectivity index (χ1) is 18.7. The number of benzene rings is 3. The van der Waals surface area contributed by atoms with Gasteiger partial charge in [0, 0.05) is 11.8 Å². The molecule has 10 nitrogen and oxygen atoms in total. The van der Waals surface area contributed by atoms with Crippen LogP contribution < -0.4 is 14.8 Å². The summed E-state index contributed by atoms with van der Waals surface area (Å²) in [6.07, 6.45) is 1.50. The molecule has 1 aliphatic heterocycles. The van der Waals surface area contributed by atoms with Gasteiger partial charge in [-0.15, -0.1) is 0 Å². The summed E-state index contributed by atoms with van der Waals surface area (Å²) in [6.45, 7) is 1.53. The third-order valence-electron chi connectivity index (χ3n) is 5.44. The fourth-order valence-electron chi connectivity index (χ4n) is 3.63. The average molecular weight is 552 g/mol. The SMILES string of the molecule is CCOc1cc(/C=C2/SC(=O)N(CC(=O)Nc3ccc(F)cc3)C2=O)ccc1OCc1ccccc1[N+](=O)[O-]. The van der Waals surface area contributed by atoms with Gasteiger partial charge in [-0.1, -0.05) is 18.2 Å². The van der Waals surface area contributed by atoms with Crippen molar-refractivity contribution in [1.29, 1.82) is 0 Å². The van der Waals surface area contributed by atoms with E-state index < -0.39 is 34.3 Å². The van der Waals surface area contributed by atoms with Gasteiger partial charge in [0.2, 0.25) is 5.91 Å². The first-order valence-corrected chi connectivity index (χ1v) is 12.5. The smallest absolute Gasteiger partial charge is 0.294 e. The Morgan fingerprint density at radius 3 is 2.54 bits per heavy atom. The number of hydrogen-bond donors (Lipinski definition) is 1. The topological polar surface area (TPSA) is 128 Å². The third-order valence-corrected chi connectivity index (χ3v) is 6.35. The molecule has 4 rings (SSSR count). The summed E-state index contributed by atoms with van der Waals surface area (Å²) in [4.78, 5) is 49.4. The molecule has 3 amide bonds. The van der Waals surface area contributed by atoms with E-state index in [-0.39, 0.29) is 17.2 Å². The molecule has 1 N–H and O–H groups in total. The molecule has 0 radical (unpaired) electrons. The van der Waals surface area contributed by atoms with Gasteiger partial charge in [0.05, 0.1) is 22.0 Å². The van der Waals surface area contributed by atoms with Crippen molar-refractivity contribution < 1.29 is 33.2 Å². The number of imide groups is 1. The number of nitro groups is 1. The van der Waals surface area contributed by atoms with Crippen molar-refractivity contribution in [3.63, 3.8) is 0 Å². The minimum atomic E-state index is -0.631. The number of thioether (sulfide) groups is 1. The van der Waals surface area contributed by atoms with Crippen molar-refractivity contribution >= 4 is 46.3 Å². The van der Waals surface area contributed by atoms with Crippen molar-refractivity contribution in [2.45, 2.75) is 13.5 Å². The van der Waals surface area contributed by atoms with Crippen LogP contribution in [-0.4, -0.2) is 40.0 Å². The largest absolute Gasteiger partial charge is 0.490 e. The van der Waals surface area contributed by atoms with E-state index in [1.807, 2.05) is 0 Å². The quantitative estimate of drug-likeness (QED) is 0.202. The molecule has 0 saturated carbocycles. The zero-order valence-corrected chi connectivity index (χ0v) is 21.4. The Hall–Kier alpha value is -4.71. The van der Waals surface area contributed by atoms with Gasteiger partial charge in [-0.3, -0.25) is 29.4 Å². The Morgan fingerprint density at radius 2 is 1.82 bits per heavy atom. The highest BCUT2D eigenvalue weighted by atomic mass is 32.2. The minimum absolute atomic E-state index is 0.0601. The third kappa shape index (κ3) is 6.79. The van der Waals surface area contributed by atoms with E-state index in [2.05, 4.69) is 5.32 Å². The second-order valence-electron chi connectivity index (χ2n) is 8.14. The van der Waals surface area contributed by atoms with E-state index in [0.29, 0.717) is 46.7 Å². The van der Waals surface area contributed by atoms with Gasteiger partial charge in [0.15, 0.2) is 11.5 Å². The molecule has 1 aliphatic rings. The molecule has 12 heteroatoms. The van der Waals surface area contributed by atoms with E-state index in [1.165, 1.54) is 36.4 Å². The molecular formula is C27H22FN3O7S. The summed E-state index contributed by atoms with van der Waals surface area (Å²) in [7, 11) is 0. The maximum Gasteiger partial charge on any atom is 0.294 e. The Morgan fingerprint density at radius 1 is 1.08 bits per heavy atom. The fraction of sp³-hybridized carbons (Fsp3) is 0.148. The van der Waals surface area contributed by atoms with Gasteiger partial charge in [-0.05, 0) is 72.8 Å². The Balaban J connectivity index is 1.46. The van der Waals surface area contributed by atoms with Crippen LogP contribution in [0.2, 0.25) is 0 Å². The lowest BCUT2D eigenvalue weighted by molar-refractivity contribution is -0.385. The van der Waals surface area contributed by atoms with Crippen molar-refractivity contribution in [3.05, 3.63) is 98.7 Å². The van der Waals surface area contributed by atoms with Gasteiger partial charge in [-0.2, -0.15) is 0 Å². The minimum Gasteiger partial charge on any atom is -0.490 e. The van der Waals surface area contributed by atoms with Crippen molar-refractivity contribution in [2.75, 3.05) is 18.5 Å². The van der Waals surface area contributed by atoms with Crippen LogP contribution >= 0.6 is 11.8 Å². The summed E-state index contributed by atoms with van der Waals surface area (Å²) >= 11 is 0.695. The molecule has 0 aliphatic carbocycles. The van der Waals surface area contributed by atoms with Crippen LogP contribution in [0.25, 0.3) is 6.08 Å². The summed E-state index contributed by atoms with van der Waals surface area (Å²) in [6, 6.07) is 16.2. The normalized spacial score (nSPS) is 14.0. The standard InChI is InChI=1S/C27H22FN3O7S/c1-2-37-23-13-17(7-12-22(23)38-16-18-5-3-4-6-21(18)31(35)36)14-24-26(33)30(27(34)39-24)15-25(32)29-20-10-8-19(28)9-11-20/h3-14H,2,15-16H2,1H3,(H,29,32)/b24-14+. The van der Waals surface area contributed by atoms with Crippen LogP contribution in [0.4, 0.5) is 20.6 Å². The Kier molecular flexibility index (Phi) is 8.56. The zero-order valence-electron chi connectivity index (χ0n) is 20.6. The Labute approximate surface area is 226 Å². The van der Waals surface area contributed by atoms with Crippen LogP contribution in [0.1, 0.15) is 18.1 Å². The van der Waals surface area contributed by atoms with Gasteiger partial charge in [0.25, 0.3) is 16.8 Å². The number of amides is 3.